The van der Waals surface area contributed by atoms with E-state index in [0.717, 1.165) is 5.56 Å². The molecule has 25 heavy (non-hydrogen) atoms. The van der Waals surface area contributed by atoms with Gasteiger partial charge in [0.15, 0.2) is 12.4 Å². The van der Waals surface area contributed by atoms with Crippen molar-refractivity contribution in [3.05, 3.63) is 58.9 Å². The number of hydrogen-bond donors (Lipinski definition) is 0. The largest absolute Gasteiger partial charge is 0.497 e. The van der Waals surface area contributed by atoms with Crippen LogP contribution in [0.25, 0.3) is 11.5 Å². The first-order valence-corrected chi connectivity index (χ1v) is 7.84. The van der Waals surface area contributed by atoms with Crippen LogP contribution in [-0.2, 0) is 6.61 Å². The van der Waals surface area contributed by atoms with Gasteiger partial charge in [-0.2, -0.15) is 0 Å². The molecule has 0 bridgehead atoms. The number of Topliss-reactive ketones (excluding diaryl/α,β-unsaturated/α-hetero) is 1. The van der Waals surface area contributed by atoms with Crippen molar-refractivity contribution in [3.63, 3.8) is 0 Å². The summed E-state index contributed by atoms with van der Waals surface area (Å²) >= 11 is 5.96. The molecule has 1 aromatic heterocycles. The molecule has 0 saturated carbocycles. The van der Waals surface area contributed by atoms with Crippen LogP contribution in [-0.4, -0.2) is 23.1 Å². The van der Waals surface area contributed by atoms with Crippen LogP contribution < -0.4 is 9.47 Å². The highest BCUT2D eigenvalue weighted by Crippen LogP contribution is 2.27. The smallest absolute Gasteiger partial charge is 0.254 e. The maximum Gasteiger partial charge on any atom is 0.254 e. The topological polar surface area (TPSA) is 74.5 Å². The fourth-order valence-corrected chi connectivity index (χ4v) is 2.42. The van der Waals surface area contributed by atoms with Crippen LogP contribution in [0.1, 0.15) is 23.2 Å². The average Bonchev–Trinajstić information content (AvgIpc) is 3.08. The molecule has 128 valence electrons. The molecule has 0 N–H and O–H groups in total. The fraction of sp³-hybridized carbons (Fsp3) is 0.167. The summed E-state index contributed by atoms with van der Waals surface area (Å²) in [5.74, 6) is 1.51. The van der Waals surface area contributed by atoms with Gasteiger partial charge < -0.3 is 13.9 Å². The Hall–Kier alpha value is -2.86. The number of carbonyl (C=O) groups excluding carboxylic acids is 1. The van der Waals surface area contributed by atoms with E-state index in [9.17, 15) is 4.79 Å². The lowest BCUT2D eigenvalue weighted by Gasteiger charge is -2.09. The van der Waals surface area contributed by atoms with Gasteiger partial charge in [0, 0.05) is 16.7 Å². The third-order valence-electron chi connectivity index (χ3n) is 3.46. The number of nitrogens with zero attached hydrogens (tertiary/aromatic N) is 2. The number of hydrogen-bond acceptors (Lipinski definition) is 6. The van der Waals surface area contributed by atoms with Crippen LogP contribution in [0.5, 0.6) is 11.5 Å². The van der Waals surface area contributed by atoms with Gasteiger partial charge in [-0.15, -0.1) is 10.2 Å². The quantitative estimate of drug-likeness (QED) is 0.615. The normalized spacial score (nSPS) is 10.5. The molecule has 2 aromatic carbocycles. The van der Waals surface area contributed by atoms with Crippen molar-refractivity contribution in [2.45, 2.75) is 13.5 Å². The van der Waals surface area contributed by atoms with Crippen LogP contribution in [0.4, 0.5) is 0 Å². The molecule has 7 heteroatoms. The molecule has 0 aliphatic rings. The molecule has 0 atom stereocenters. The predicted molar refractivity (Wildman–Crippen MR) is 92.1 cm³/mol. The number of halogens is 1. The van der Waals surface area contributed by atoms with E-state index >= 15 is 0 Å². The monoisotopic (exact) mass is 358 g/mol. The van der Waals surface area contributed by atoms with Crippen molar-refractivity contribution >= 4 is 17.4 Å². The van der Waals surface area contributed by atoms with Crippen molar-refractivity contribution < 1.29 is 18.7 Å². The predicted octanol–water partition coefficient (Wildman–Crippen LogP) is 4.18. The molecular weight excluding hydrogens is 344 g/mol. The van der Waals surface area contributed by atoms with Gasteiger partial charge in [-0.1, -0.05) is 17.7 Å². The van der Waals surface area contributed by atoms with E-state index in [1.807, 2.05) is 6.07 Å². The molecule has 0 radical (unpaired) electrons. The zero-order valence-electron chi connectivity index (χ0n) is 13.7. The number of ether oxygens (including phenoxy) is 2. The summed E-state index contributed by atoms with van der Waals surface area (Å²) in [5.41, 5.74) is 1.17. The first-order chi connectivity index (χ1) is 12.1. The molecule has 0 spiro atoms. The molecule has 0 fully saturated rings. The molecule has 3 aromatic rings. The Morgan fingerprint density at radius 3 is 2.76 bits per heavy atom. The van der Waals surface area contributed by atoms with E-state index in [2.05, 4.69) is 10.2 Å². The Balaban J connectivity index is 1.77. The van der Waals surface area contributed by atoms with Crippen LogP contribution >= 0.6 is 11.6 Å². The number of rotatable bonds is 6. The summed E-state index contributed by atoms with van der Waals surface area (Å²) < 4.78 is 16.4. The molecule has 0 aliphatic heterocycles. The summed E-state index contributed by atoms with van der Waals surface area (Å²) in [6.07, 6.45) is 0. The maximum atomic E-state index is 11.7. The SMILES string of the molecule is COc1ccc(C(C)=O)c(OCc2nnc(-c3cccc(Cl)c3)o2)c1. The van der Waals surface area contributed by atoms with E-state index in [0.29, 0.717) is 28.0 Å². The Morgan fingerprint density at radius 2 is 2.04 bits per heavy atom. The second-order valence-corrected chi connectivity index (χ2v) is 5.65. The van der Waals surface area contributed by atoms with Crippen molar-refractivity contribution in [2.24, 2.45) is 0 Å². The third-order valence-corrected chi connectivity index (χ3v) is 3.69. The molecule has 0 aliphatic carbocycles. The number of benzene rings is 2. The highest BCUT2D eigenvalue weighted by Gasteiger charge is 2.13. The summed E-state index contributed by atoms with van der Waals surface area (Å²) in [6, 6.07) is 12.1. The minimum atomic E-state index is -0.109. The minimum Gasteiger partial charge on any atom is -0.497 e. The van der Waals surface area contributed by atoms with Crippen LogP contribution in [0, 0.1) is 0 Å². The zero-order valence-corrected chi connectivity index (χ0v) is 14.4. The Labute approximate surface area is 149 Å². The van der Waals surface area contributed by atoms with E-state index in [1.165, 1.54) is 6.92 Å². The first-order valence-electron chi connectivity index (χ1n) is 7.47. The number of carbonyl (C=O) groups is 1. The van der Waals surface area contributed by atoms with Gasteiger partial charge in [-0.3, -0.25) is 4.79 Å². The van der Waals surface area contributed by atoms with Gasteiger partial charge in [0.1, 0.15) is 11.5 Å². The van der Waals surface area contributed by atoms with Gasteiger partial charge >= 0.3 is 0 Å². The Bertz CT molecular complexity index is 908. The molecule has 0 saturated heterocycles. The minimum absolute atomic E-state index is 0.0288. The van der Waals surface area contributed by atoms with Gasteiger partial charge in [-0.05, 0) is 37.3 Å². The summed E-state index contributed by atoms with van der Waals surface area (Å²) in [4.78, 5) is 11.7. The van der Waals surface area contributed by atoms with Crippen LogP contribution in [0.3, 0.4) is 0 Å². The van der Waals surface area contributed by atoms with Crippen molar-refractivity contribution in [1.29, 1.82) is 0 Å². The van der Waals surface area contributed by atoms with E-state index in [4.69, 9.17) is 25.5 Å². The van der Waals surface area contributed by atoms with Gasteiger partial charge in [-0.25, -0.2) is 0 Å². The lowest BCUT2D eigenvalue weighted by molar-refractivity contribution is 0.101. The standard InChI is InChI=1S/C18H15ClN2O4/c1-11(22)15-7-6-14(23-2)9-16(15)24-10-17-20-21-18(25-17)12-4-3-5-13(19)8-12/h3-9H,10H2,1-2H3. The summed E-state index contributed by atoms with van der Waals surface area (Å²) in [7, 11) is 1.54. The maximum absolute atomic E-state index is 11.7. The second kappa shape index (κ2) is 7.36. The highest BCUT2D eigenvalue weighted by molar-refractivity contribution is 6.30. The molecule has 1 heterocycles. The van der Waals surface area contributed by atoms with Gasteiger partial charge in [0.25, 0.3) is 5.89 Å². The van der Waals surface area contributed by atoms with Crippen LogP contribution in [0.15, 0.2) is 46.9 Å². The molecule has 0 amide bonds. The number of methoxy groups -OCH3 is 1. The molecular formula is C18H15ClN2O4. The van der Waals surface area contributed by atoms with Crippen LogP contribution in [0.2, 0.25) is 5.02 Å². The summed E-state index contributed by atoms with van der Waals surface area (Å²) in [5, 5.41) is 8.52. The Morgan fingerprint density at radius 1 is 1.20 bits per heavy atom. The lowest BCUT2D eigenvalue weighted by atomic mass is 10.1. The lowest BCUT2D eigenvalue weighted by Crippen LogP contribution is -2.02. The molecule has 0 unspecified atom stereocenters. The second-order valence-electron chi connectivity index (χ2n) is 5.22. The van der Waals surface area contributed by atoms with E-state index in [1.54, 1.807) is 43.5 Å². The molecule has 3 rings (SSSR count). The van der Waals surface area contributed by atoms with Gasteiger partial charge in [0.05, 0.1) is 12.7 Å². The average molecular weight is 359 g/mol. The third kappa shape index (κ3) is 3.97. The number of aromatic nitrogens is 2. The first kappa shape index (κ1) is 17.0. The highest BCUT2D eigenvalue weighted by atomic mass is 35.5. The van der Waals surface area contributed by atoms with Crippen molar-refractivity contribution in [2.75, 3.05) is 7.11 Å². The number of ketones is 1. The van der Waals surface area contributed by atoms with E-state index in [-0.39, 0.29) is 18.3 Å². The molecule has 6 nitrogen and oxygen atoms in total. The van der Waals surface area contributed by atoms with Crippen molar-refractivity contribution in [1.82, 2.24) is 10.2 Å². The van der Waals surface area contributed by atoms with Crippen molar-refractivity contribution in [3.8, 4) is 23.0 Å². The Kier molecular flexibility index (Phi) is 5.00. The fourth-order valence-electron chi connectivity index (χ4n) is 2.23. The van der Waals surface area contributed by atoms with E-state index < -0.39 is 0 Å². The zero-order chi connectivity index (χ0) is 17.8. The summed E-state index contributed by atoms with van der Waals surface area (Å²) in [6.45, 7) is 1.50. The van der Waals surface area contributed by atoms with Gasteiger partial charge in [0.2, 0.25) is 5.89 Å².